The molecule has 0 bridgehead atoms. The molecule has 0 radical (unpaired) electrons. The van der Waals surface area contributed by atoms with Gasteiger partial charge in [0.05, 0.1) is 5.52 Å². The molecule has 0 spiro atoms. The maximum atomic E-state index is 13.6. The number of benzene rings is 1. The van der Waals surface area contributed by atoms with E-state index in [2.05, 4.69) is 10.3 Å². The summed E-state index contributed by atoms with van der Waals surface area (Å²) in [6.45, 7) is 0.909. The Labute approximate surface area is 102 Å². The SMILES string of the molecule is CNCCn1c(Cl)nc2cccc(F)c2c1=O. The normalized spacial score (nSPS) is 11.0. The highest BCUT2D eigenvalue weighted by atomic mass is 35.5. The fourth-order valence-electron chi connectivity index (χ4n) is 1.61. The summed E-state index contributed by atoms with van der Waals surface area (Å²) in [6, 6.07) is 4.30. The molecule has 17 heavy (non-hydrogen) atoms. The molecule has 6 heteroatoms. The summed E-state index contributed by atoms with van der Waals surface area (Å²) in [5, 5.41) is 2.95. The van der Waals surface area contributed by atoms with E-state index in [9.17, 15) is 9.18 Å². The van der Waals surface area contributed by atoms with Crippen LogP contribution in [0.25, 0.3) is 10.9 Å². The summed E-state index contributed by atoms with van der Waals surface area (Å²) < 4.78 is 14.8. The molecule has 0 aliphatic carbocycles. The third kappa shape index (κ3) is 2.16. The monoisotopic (exact) mass is 255 g/mol. The van der Waals surface area contributed by atoms with Gasteiger partial charge >= 0.3 is 0 Å². The third-order valence-corrected chi connectivity index (χ3v) is 2.76. The Morgan fingerprint density at radius 2 is 2.29 bits per heavy atom. The predicted molar refractivity (Wildman–Crippen MR) is 64.9 cm³/mol. The average Bonchev–Trinajstić information content (AvgIpc) is 2.28. The second kappa shape index (κ2) is 4.81. The van der Waals surface area contributed by atoms with Crippen LogP contribution in [0.4, 0.5) is 4.39 Å². The maximum Gasteiger partial charge on any atom is 0.265 e. The quantitative estimate of drug-likeness (QED) is 0.844. The highest BCUT2D eigenvalue weighted by Crippen LogP contribution is 2.14. The van der Waals surface area contributed by atoms with Crippen LogP contribution < -0.4 is 10.9 Å². The molecular weight excluding hydrogens is 245 g/mol. The molecule has 0 saturated heterocycles. The molecule has 1 N–H and O–H groups in total. The van der Waals surface area contributed by atoms with Crippen LogP contribution >= 0.6 is 11.6 Å². The van der Waals surface area contributed by atoms with E-state index in [0.29, 0.717) is 13.1 Å². The lowest BCUT2D eigenvalue weighted by Crippen LogP contribution is -2.27. The second-order valence-corrected chi connectivity index (χ2v) is 3.91. The minimum absolute atomic E-state index is 0.0204. The Kier molecular flexibility index (Phi) is 3.40. The molecule has 1 aromatic heterocycles. The zero-order valence-corrected chi connectivity index (χ0v) is 9.96. The van der Waals surface area contributed by atoms with Crippen LogP contribution in [0.5, 0.6) is 0 Å². The van der Waals surface area contributed by atoms with Gasteiger partial charge in [-0.3, -0.25) is 9.36 Å². The van der Waals surface area contributed by atoms with Gasteiger partial charge in [0, 0.05) is 13.1 Å². The van der Waals surface area contributed by atoms with Crippen molar-refractivity contribution < 1.29 is 4.39 Å². The predicted octanol–water partition coefficient (Wildman–Crippen LogP) is 1.41. The van der Waals surface area contributed by atoms with Gasteiger partial charge in [-0.25, -0.2) is 9.37 Å². The number of aromatic nitrogens is 2. The van der Waals surface area contributed by atoms with Crippen molar-refractivity contribution in [1.29, 1.82) is 0 Å². The van der Waals surface area contributed by atoms with Gasteiger partial charge < -0.3 is 5.32 Å². The first-order chi connectivity index (χ1) is 8.15. The van der Waals surface area contributed by atoms with E-state index >= 15 is 0 Å². The second-order valence-electron chi connectivity index (χ2n) is 3.58. The number of fused-ring (bicyclic) bond motifs is 1. The van der Waals surface area contributed by atoms with Crippen molar-refractivity contribution >= 4 is 22.5 Å². The fraction of sp³-hybridized carbons (Fsp3) is 0.273. The minimum atomic E-state index is -0.574. The molecule has 2 rings (SSSR count). The van der Waals surface area contributed by atoms with Crippen molar-refractivity contribution in [3.05, 3.63) is 39.7 Å². The molecule has 0 aliphatic heterocycles. The lowest BCUT2D eigenvalue weighted by Gasteiger charge is -2.08. The lowest BCUT2D eigenvalue weighted by molar-refractivity contribution is 0.610. The van der Waals surface area contributed by atoms with Gasteiger partial charge in [-0.15, -0.1) is 0 Å². The lowest BCUT2D eigenvalue weighted by atomic mass is 10.2. The molecular formula is C11H11ClFN3O. The van der Waals surface area contributed by atoms with Gasteiger partial charge in [0.1, 0.15) is 11.2 Å². The van der Waals surface area contributed by atoms with Gasteiger partial charge in [0.25, 0.3) is 5.56 Å². The van der Waals surface area contributed by atoms with E-state index in [1.54, 1.807) is 13.1 Å². The molecule has 0 amide bonds. The van der Waals surface area contributed by atoms with Crippen molar-refractivity contribution in [2.24, 2.45) is 0 Å². The van der Waals surface area contributed by atoms with Gasteiger partial charge in [-0.05, 0) is 30.8 Å². The summed E-state index contributed by atoms with van der Waals surface area (Å²) in [4.78, 5) is 16.1. The number of nitrogens with zero attached hydrogens (tertiary/aromatic N) is 2. The molecule has 0 aliphatic rings. The zero-order chi connectivity index (χ0) is 12.4. The van der Waals surface area contributed by atoms with Crippen molar-refractivity contribution in [2.75, 3.05) is 13.6 Å². The van der Waals surface area contributed by atoms with E-state index in [4.69, 9.17) is 11.6 Å². The molecule has 2 aromatic rings. The summed E-state index contributed by atoms with van der Waals surface area (Å²) in [5.74, 6) is -0.574. The summed E-state index contributed by atoms with van der Waals surface area (Å²) in [5.41, 5.74) is -0.172. The zero-order valence-electron chi connectivity index (χ0n) is 9.20. The number of halogens is 2. The van der Waals surface area contributed by atoms with Crippen LogP contribution in [-0.4, -0.2) is 23.1 Å². The first kappa shape index (κ1) is 12.0. The molecule has 1 heterocycles. The van der Waals surface area contributed by atoms with E-state index < -0.39 is 11.4 Å². The Morgan fingerprint density at radius 1 is 1.53 bits per heavy atom. The number of hydrogen-bond acceptors (Lipinski definition) is 3. The van der Waals surface area contributed by atoms with Gasteiger partial charge in [0.2, 0.25) is 5.28 Å². The number of likely N-dealkylation sites (N-methyl/N-ethyl adjacent to an activating group) is 1. The smallest absolute Gasteiger partial charge is 0.265 e. The first-order valence-electron chi connectivity index (χ1n) is 5.14. The standard InChI is InChI=1S/C11H11ClFN3O/c1-14-5-6-16-10(17)9-7(13)3-2-4-8(9)15-11(16)12/h2-4,14H,5-6H2,1H3. The summed E-state index contributed by atoms with van der Waals surface area (Å²) in [6.07, 6.45) is 0. The molecule has 0 unspecified atom stereocenters. The third-order valence-electron chi connectivity index (χ3n) is 2.47. The molecule has 4 nitrogen and oxygen atoms in total. The maximum absolute atomic E-state index is 13.6. The molecule has 0 fully saturated rings. The van der Waals surface area contributed by atoms with Crippen LogP contribution in [0, 0.1) is 5.82 Å². The van der Waals surface area contributed by atoms with E-state index in [0.717, 1.165) is 0 Å². The minimum Gasteiger partial charge on any atom is -0.318 e. The Bertz CT molecular complexity index is 611. The highest BCUT2D eigenvalue weighted by Gasteiger charge is 2.12. The van der Waals surface area contributed by atoms with Gasteiger partial charge in [0.15, 0.2) is 0 Å². The number of nitrogens with one attached hydrogen (secondary N) is 1. The van der Waals surface area contributed by atoms with Crippen LogP contribution in [0.2, 0.25) is 5.28 Å². The van der Waals surface area contributed by atoms with Crippen molar-refractivity contribution in [1.82, 2.24) is 14.9 Å². The Balaban J connectivity index is 2.70. The summed E-state index contributed by atoms with van der Waals surface area (Å²) in [7, 11) is 1.76. The highest BCUT2D eigenvalue weighted by molar-refractivity contribution is 6.28. The number of rotatable bonds is 3. The van der Waals surface area contributed by atoms with Crippen molar-refractivity contribution in [3.8, 4) is 0 Å². The van der Waals surface area contributed by atoms with E-state index in [-0.39, 0.29) is 16.2 Å². The average molecular weight is 256 g/mol. The van der Waals surface area contributed by atoms with Crippen LogP contribution in [0.15, 0.2) is 23.0 Å². The van der Waals surface area contributed by atoms with E-state index in [1.807, 2.05) is 0 Å². The van der Waals surface area contributed by atoms with Crippen LogP contribution in [-0.2, 0) is 6.54 Å². The van der Waals surface area contributed by atoms with Crippen LogP contribution in [0.3, 0.4) is 0 Å². The Hall–Kier alpha value is -1.46. The van der Waals surface area contributed by atoms with Crippen molar-refractivity contribution in [2.45, 2.75) is 6.54 Å². The number of hydrogen-bond donors (Lipinski definition) is 1. The fourth-order valence-corrected chi connectivity index (χ4v) is 1.87. The Morgan fingerprint density at radius 3 is 3.00 bits per heavy atom. The van der Waals surface area contributed by atoms with E-state index in [1.165, 1.54) is 16.7 Å². The van der Waals surface area contributed by atoms with Gasteiger partial charge in [-0.1, -0.05) is 6.07 Å². The topological polar surface area (TPSA) is 46.9 Å². The van der Waals surface area contributed by atoms with Crippen LogP contribution in [0.1, 0.15) is 0 Å². The summed E-state index contributed by atoms with van der Waals surface area (Å²) >= 11 is 5.90. The first-order valence-corrected chi connectivity index (χ1v) is 5.52. The molecule has 0 saturated carbocycles. The molecule has 0 atom stereocenters. The molecule has 90 valence electrons. The van der Waals surface area contributed by atoms with Gasteiger partial charge in [-0.2, -0.15) is 0 Å². The van der Waals surface area contributed by atoms with Crippen molar-refractivity contribution in [3.63, 3.8) is 0 Å². The largest absolute Gasteiger partial charge is 0.318 e. The molecule has 1 aromatic carbocycles.